The Labute approximate surface area is 108 Å². The number of hydrogen-bond acceptors (Lipinski definition) is 3. The highest BCUT2D eigenvalue weighted by Crippen LogP contribution is 2.15. The maximum atomic E-state index is 11.8. The molecule has 0 aliphatic carbocycles. The van der Waals surface area contributed by atoms with Crippen molar-refractivity contribution < 1.29 is 14.7 Å². The summed E-state index contributed by atoms with van der Waals surface area (Å²) in [5, 5.41) is 14.3. The maximum Gasteiger partial charge on any atom is 0.317 e. The van der Waals surface area contributed by atoms with Crippen molar-refractivity contribution in [3.05, 3.63) is 0 Å². The lowest BCUT2D eigenvalue weighted by atomic mass is 9.98. The molecule has 1 fully saturated rings. The number of aliphatic carboxylic acids is 1. The monoisotopic (exact) mass is 257 g/mol. The molecule has 0 spiro atoms. The maximum absolute atomic E-state index is 11.8. The average molecular weight is 257 g/mol. The van der Waals surface area contributed by atoms with Crippen LogP contribution < -0.4 is 10.6 Å². The fourth-order valence-corrected chi connectivity index (χ4v) is 2.14. The Bertz CT molecular complexity index is 284. The Balaban J connectivity index is 2.27. The number of urea groups is 1. The molecule has 1 aliphatic heterocycles. The number of carbonyl (C=O) groups excluding carboxylic acids is 1. The number of nitrogens with zero attached hydrogens (tertiary/aromatic N) is 1. The molecule has 3 N–H and O–H groups in total. The normalized spacial score (nSPS) is 19.6. The molecule has 1 aliphatic rings. The SMILES string of the molecule is CCCNC(=O)N1CCCC(CNCC(=O)O)C1. The van der Waals surface area contributed by atoms with E-state index in [-0.39, 0.29) is 12.6 Å². The molecule has 1 heterocycles. The number of rotatable bonds is 6. The summed E-state index contributed by atoms with van der Waals surface area (Å²) < 4.78 is 0. The van der Waals surface area contributed by atoms with Crippen molar-refractivity contribution in [2.45, 2.75) is 26.2 Å². The summed E-state index contributed by atoms with van der Waals surface area (Å²) in [6.45, 7) is 4.88. The zero-order valence-corrected chi connectivity index (χ0v) is 10.9. The van der Waals surface area contributed by atoms with Crippen molar-refractivity contribution >= 4 is 12.0 Å². The standard InChI is InChI=1S/C12H23N3O3/c1-2-5-14-12(18)15-6-3-4-10(9-15)7-13-8-11(16)17/h10,13H,2-9H2,1H3,(H,14,18)(H,16,17). The van der Waals surface area contributed by atoms with Crippen molar-refractivity contribution in [2.24, 2.45) is 5.92 Å². The van der Waals surface area contributed by atoms with Gasteiger partial charge in [0.2, 0.25) is 0 Å². The minimum absolute atomic E-state index is 0.000199. The number of amides is 2. The largest absolute Gasteiger partial charge is 0.480 e. The van der Waals surface area contributed by atoms with E-state index < -0.39 is 5.97 Å². The molecule has 2 amide bonds. The van der Waals surface area contributed by atoms with E-state index in [4.69, 9.17) is 5.11 Å². The second-order valence-electron chi connectivity index (χ2n) is 4.71. The molecule has 0 bridgehead atoms. The fraction of sp³-hybridized carbons (Fsp3) is 0.833. The van der Waals surface area contributed by atoms with Crippen LogP contribution in [0.2, 0.25) is 0 Å². The van der Waals surface area contributed by atoms with Gasteiger partial charge in [-0.2, -0.15) is 0 Å². The zero-order chi connectivity index (χ0) is 13.4. The Kier molecular flexibility index (Phi) is 6.49. The van der Waals surface area contributed by atoms with Crippen LogP contribution in [-0.2, 0) is 4.79 Å². The minimum Gasteiger partial charge on any atom is -0.480 e. The molecule has 1 unspecified atom stereocenters. The minimum atomic E-state index is -0.844. The van der Waals surface area contributed by atoms with Gasteiger partial charge >= 0.3 is 12.0 Å². The van der Waals surface area contributed by atoms with E-state index in [9.17, 15) is 9.59 Å². The fourth-order valence-electron chi connectivity index (χ4n) is 2.14. The second kappa shape index (κ2) is 7.92. The molecule has 0 aromatic carbocycles. The van der Waals surface area contributed by atoms with E-state index in [2.05, 4.69) is 10.6 Å². The molecule has 0 saturated carbocycles. The van der Waals surface area contributed by atoms with Crippen molar-refractivity contribution in [1.29, 1.82) is 0 Å². The predicted molar refractivity (Wildman–Crippen MR) is 68.5 cm³/mol. The van der Waals surface area contributed by atoms with Crippen LogP contribution in [0.1, 0.15) is 26.2 Å². The first-order valence-corrected chi connectivity index (χ1v) is 6.58. The van der Waals surface area contributed by atoms with Gasteiger partial charge in [-0.3, -0.25) is 4.79 Å². The molecule has 6 nitrogen and oxygen atoms in total. The molecule has 104 valence electrons. The second-order valence-corrected chi connectivity index (χ2v) is 4.71. The third-order valence-corrected chi connectivity index (χ3v) is 3.04. The van der Waals surface area contributed by atoms with E-state index in [0.717, 1.165) is 25.8 Å². The summed E-state index contributed by atoms with van der Waals surface area (Å²) >= 11 is 0. The van der Waals surface area contributed by atoms with Gasteiger partial charge in [-0.05, 0) is 25.2 Å². The molecular weight excluding hydrogens is 234 g/mol. The molecule has 1 rings (SSSR count). The predicted octanol–water partition coefficient (Wildman–Crippen LogP) is 0.492. The third kappa shape index (κ3) is 5.35. The third-order valence-electron chi connectivity index (χ3n) is 3.04. The lowest BCUT2D eigenvalue weighted by Gasteiger charge is -2.32. The van der Waals surface area contributed by atoms with Crippen LogP contribution in [0.3, 0.4) is 0 Å². The molecule has 0 aromatic rings. The van der Waals surface area contributed by atoms with Crippen molar-refractivity contribution in [1.82, 2.24) is 15.5 Å². The van der Waals surface area contributed by atoms with E-state index in [1.54, 1.807) is 0 Å². The van der Waals surface area contributed by atoms with Gasteiger partial charge in [-0.1, -0.05) is 6.92 Å². The summed E-state index contributed by atoms with van der Waals surface area (Å²) in [7, 11) is 0. The van der Waals surface area contributed by atoms with Gasteiger partial charge in [0, 0.05) is 26.2 Å². The number of nitrogens with one attached hydrogen (secondary N) is 2. The lowest BCUT2D eigenvalue weighted by molar-refractivity contribution is -0.136. The Morgan fingerprint density at radius 1 is 1.44 bits per heavy atom. The molecule has 0 aromatic heterocycles. The summed E-state index contributed by atoms with van der Waals surface area (Å²) in [5.41, 5.74) is 0. The highest BCUT2D eigenvalue weighted by Gasteiger charge is 2.23. The van der Waals surface area contributed by atoms with Crippen molar-refractivity contribution in [3.8, 4) is 0 Å². The van der Waals surface area contributed by atoms with Crippen molar-refractivity contribution in [3.63, 3.8) is 0 Å². The van der Waals surface area contributed by atoms with Gasteiger partial charge in [-0.15, -0.1) is 0 Å². The van der Waals surface area contributed by atoms with E-state index in [1.165, 1.54) is 0 Å². The van der Waals surface area contributed by atoms with Crippen LogP contribution in [0.4, 0.5) is 4.79 Å². The van der Waals surface area contributed by atoms with Crippen LogP contribution in [0, 0.1) is 5.92 Å². The topological polar surface area (TPSA) is 81.7 Å². The van der Waals surface area contributed by atoms with E-state index in [0.29, 0.717) is 25.6 Å². The van der Waals surface area contributed by atoms with Crippen LogP contribution >= 0.6 is 0 Å². The summed E-state index contributed by atoms with van der Waals surface area (Å²) in [4.78, 5) is 24.0. The van der Waals surface area contributed by atoms with Gasteiger partial charge in [0.05, 0.1) is 6.54 Å². The van der Waals surface area contributed by atoms with Gasteiger partial charge in [0.25, 0.3) is 0 Å². The lowest BCUT2D eigenvalue weighted by Crippen LogP contribution is -2.47. The number of carbonyl (C=O) groups is 2. The smallest absolute Gasteiger partial charge is 0.317 e. The van der Waals surface area contributed by atoms with Gasteiger partial charge in [0.1, 0.15) is 0 Å². The van der Waals surface area contributed by atoms with Crippen LogP contribution in [-0.4, -0.2) is 54.7 Å². The molecular formula is C12H23N3O3. The van der Waals surface area contributed by atoms with Gasteiger partial charge in [-0.25, -0.2) is 4.79 Å². The van der Waals surface area contributed by atoms with Gasteiger partial charge < -0.3 is 20.6 Å². The Hall–Kier alpha value is -1.30. The zero-order valence-electron chi connectivity index (χ0n) is 10.9. The number of piperidine rings is 1. The molecule has 0 radical (unpaired) electrons. The highest BCUT2D eigenvalue weighted by atomic mass is 16.4. The van der Waals surface area contributed by atoms with Crippen LogP contribution in [0.5, 0.6) is 0 Å². The first-order valence-electron chi connectivity index (χ1n) is 6.58. The average Bonchev–Trinajstić information content (AvgIpc) is 2.36. The van der Waals surface area contributed by atoms with E-state index >= 15 is 0 Å². The van der Waals surface area contributed by atoms with Crippen LogP contribution in [0.15, 0.2) is 0 Å². The quantitative estimate of drug-likeness (QED) is 0.647. The summed E-state index contributed by atoms with van der Waals surface area (Å²) in [6.07, 6.45) is 2.96. The van der Waals surface area contributed by atoms with E-state index in [1.807, 2.05) is 11.8 Å². The summed E-state index contributed by atoms with van der Waals surface area (Å²) in [6, 6.07) is -0.000199. The number of likely N-dealkylation sites (tertiary alicyclic amines) is 1. The Morgan fingerprint density at radius 2 is 2.22 bits per heavy atom. The molecule has 18 heavy (non-hydrogen) atoms. The first kappa shape index (κ1) is 14.8. The number of hydrogen-bond donors (Lipinski definition) is 3. The number of carboxylic acid groups (broad SMARTS) is 1. The van der Waals surface area contributed by atoms with Crippen LogP contribution in [0.25, 0.3) is 0 Å². The molecule has 1 saturated heterocycles. The highest BCUT2D eigenvalue weighted by molar-refractivity contribution is 5.74. The summed E-state index contributed by atoms with van der Waals surface area (Å²) in [5.74, 6) is -0.492. The van der Waals surface area contributed by atoms with Gasteiger partial charge in [0.15, 0.2) is 0 Å². The van der Waals surface area contributed by atoms with Crippen molar-refractivity contribution in [2.75, 3.05) is 32.7 Å². The molecule has 1 atom stereocenters. The number of carboxylic acids is 1. The first-order chi connectivity index (χ1) is 8.63. The molecule has 6 heteroatoms. The Morgan fingerprint density at radius 3 is 2.89 bits per heavy atom.